The minimum atomic E-state index is 0.00674. The number of aliphatic hydroxyl groups is 1. The van der Waals surface area contributed by atoms with Crippen LogP contribution in [0.1, 0.15) is 26.7 Å². The van der Waals surface area contributed by atoms with E-state index in [4.69, 9.17) is 0 Å². The van der Waals surface area contributed by atoms with E-state index in [0.717, 1.165) is 38.4 Å². The van der Waals surface area contributed by atoms with Crippen molar-refractivity contribution in [1.82, 2.24) is 10.6 Å². The van der Waals surface area contributed by atoms with Crippen molar-refractivity contribution in [3.05, 3.63) is 0 Å². The van der Waals surface area contributed by atoms with Crippen LogP contribution in [0.4, 0.5) is 0 Å². The molecule has 0 bridgehead atoms. The van der Waals surface area contributed by atoms with Crippen LogP contribution < -0.4 is 10.6 Å². The lowest BCUT2D eigenvalue weighted by atomic mass is 9.83. The fraction of sp³-hybridized carbons (Fsp3) is 0.900. The largest absolute Gasteiger partial charge is 0.396 e. The number of guanidine groups is 1. The third-order valence-electron chi connectivity index (χ3n) is 3.14. The Kier molecular flexibility index (Phi) is 4.20. The fourth-order valence-corrected chi connectivity index (χ4v) is 1.57. The molecule has 0 atom stereocenters. The van der Waals surface area contributed by atoms with Crippen LogP contribution in [0.5, 0.6) is 0 Å². The highest BCUT2D eigenvalue weighted by Gasteiger charge is 2.25. The van der Waals surface area contributed by atoms with E-state index in [1.807, 2.05) is 0 Å². The molecule has 4 heteroatoms. The summed E-state index contributed by atoms with van der Waals surface area (Å²) >= 11 is 0. The van der Waals surface area contributed by atoms with E-state index in [1.54, 1.807) is 0 Å². The Labute approximate surface area is 85.8 Å². The number of nitrogens with zero attached hydrogens (tertiary/aromatic N) is 1. The first kappa shape index (κ1) is 11.3. The predicted molar refractivity (Wildman–Crippen MR) is 58.4 cm³/mol. The van der Waals surface area contributed by atoms with Crippen molar-refractivity contribution < 1.29 is 5.11 Å². The molecule has 0 spiro atoms. The second-order valence-electron chi connectivity index (χ2n) is 3.88. The van der Waals surface area contributed by atoms with Gasteiger partial charge < -0.3 is 15.7 Å². The number of rotatable bonds is 5. The monoisotopic (exact) mass is 199 g/mol. The second kappa shape index (κ2) is 5.20. The molecule has 4 nitrogen and oxygen atoms in total. The Morgan fingerprint density at radius 1 is 1.50 bits per heavy atom. The topological polar surface area (TPSA) is 56.6 Å². The first-order valence-corrected chi connectivity index (χ1v) is 5.39. The summed E-state index contributed by atoms with van der Waals surface area (Å²) in [6.45, 7) is 7.04. The molecular weight excluding hydrogens is 178 g/mol. The molecule has 0 radical (unpaired) electrons. The summed E-state index contributed by atoms with van der Waals surface area (Å²) in [5.74, 6) is 0.879. The van der Waals surface area contributed by atoms with Crippen LogP contribution in [0.3, 0.4) is 0 Å². The van der Waals surface area contributed by atoms with Crippen molar-refractivity contribution in [1.29, 1.82) is 0 Å². The van der Waals surface area contributed by atoms with Crippen molar-refractivity contribution in [2.24, 2.45) is 10.4 Å². The molecule has 1 heterocycles. The maximum Gasteiger partial charge on any atom is 0.191 e. The van der Waals surface area contributed by atoms with E-state index in [2.05, 4.69) is 29.5 Å². The van der Waals surface area contributed by atoms with Gasteiger partial charge >= 0.3 is 0 Å². The van der Waals surface area contributed by atoms with Gasteiger partial charge in [-0.05, 0) is 12.8 Å². The Balaban J connectivity index is 2.39. The van der Waals surface area contributed by atoms with Crippen LogP contribution in [0.25, 0.3) is 0 Å². The molecule has 14 heavy (non-hydrogen) atoms. The number of hydrogen-bond donors (Lipinski definition) is 3. The molecule has 1 aliphatic rings. The molecule has 0 unspecified atom stereocenters. The summed E-state index contributed by atoms with van der Waals surface area (Å²) in [5, 5.41) is 15.8. The van der Waals surface area contributed by atoms with E-state index in [-0.39, 0.29) is 12.0 Å². The third-order valence-corrected chi connectivity index (χ3v) is 3.14. The average molecular weight is 199 g/mol. The van der Waals surface area contributed by atoms with Crippen molar-refractivity contribution in [3.63, 3.8) is 0 Å². The molecule has 0 fully saturated rings. The first-order valence-electron chi connectivity index (χ1n) is 5.39. The van der Waals surface area contributed by atoms with Gasteiger partial charge in [0.2, 0.25) is 0 Å². The Bertz CT molecular complexity index is 191. The van der Waals surface area contributed by atoms with Crippen LogP contribution in [0.2, 0.25) is 0 Å². The number of nitrogens with one attached hydrogen (secondary N) is 2. The lowest BCUT2D eigenvalue weighted by Gasteiger charge is -2.29. The molecule has 1 aliphatic heterocycles. The van der Waals surface area contributed by atoms with Gasteiger partial charge in [-0.15, -0.1) is 0 Å². The molecular formula is C10H21N3O. The van der Waals surface area contributed by atoms with Gasteiger partial charge in [0.15, 0.2) is 5.96 Å². The van der Waals surface area contributed by atoms with Gasteiger partial charge in [0, 0.05) is 18.5 Å². The van der Waals surface area contributed by atoms with Crippen LogP contribution >= 0.6 is 0 Å². The summed E-state index contributed by atoms with van der Waals surface area (Å²) < 4.78 is 0. The molecule has 0 aromatic carbocycles. The number of hydrogen-bond acceptors (Lipinski definition) is 4. The molecule has 0 aliphatic carbocycles. The van der Waals surface area contributed by atoms with Gasteiger partial charge in [0.1, 0.15) is 0 Å². The Morgan fingerprint density at radius 2 is 2.21 bits per heavy atom. The third kappa shape index (κ3) is 2.61. The predicted octanol–water partition coefficient (Wildman–Crippen LogP) is 0.334. The molecule has 0 saturated heterocycles. The molecule has 0 amide bonds. The summed E-state index contributed by atoms with van der Waals surface area (Å²) in [7, 11) is 0. The quantitative estimate of drug-likeness (QED) is 0.598. The normalized spacial score (nSPS) is 16.4. The molecule has 0 aromatic rings. The number of aliphatic imine (C=N–C) groups is 1. The van der Waals surface area contributed by atoms with Gasteiger partial charge in [-0.3, -0.25) is 4.99 Å². The molecule has 0 aromatic heterocycles. The molecule has 82 valence electrons. The zero-order chi connectivity index (χ0) is 10.4. The van der Waals surface area contributed by atoms with E-state index >= 15 is 0 Å². The van der Waals surface area contributed by atoms with Gasteiger partial charge in [0.25, 0.3) is 0 Å². The maximum atomic E-state index is 9.35. The summed E-state index contributed by atoms with van der Waals surface area (Å²) in [6.07, 6.45) is 1.97. The standard InChI is InChI=1S/C10H21N3O/c1-3-10(4-2,8-14)7-13-9-11-5-6-12-9/h14H,3-8H2,1-2H3,(H2,11,12,13). The highest BCUT2D eigenvalue weighted by molar-refractivity contribution is 5.81. The maximum absolute atomic E-state index is 9.35. The Hall–Kier alpha value is -0.770. The number of aliphatic hydroxyl groups excluding tert-OH is 1. The second-order valence-corrected chi connectivity index (χ2v) is 3.88. The highest BCUT2D eigenvalue weighted by Crippen LogP contribution is 2.24. The van der Waals surface area contributed by atoms with Crippen molar-refractivity contribution in [2.45, 2.75) is 26.7 Å². The SMILES string of the molecule is CCC(CC)(CO)CNC1=NCCN1. The van der Waals surface area contributed by atoms with Crippen LogP contribution in [-0.4, -0.2) is 37.3 Å². The van der Waals surface area contributed by atoms with Crippen molar-refractivity contribution in [3.8, 4) is 0 Å². The molecule has 3 N–H and O–H groups in total. The van der Waals surface area contributed by atoms with E-state index in [0.29, 0.717) is 0 Å². The van der Waals surface area contributed by atoms with E-state index in [1.165, 1.54) is 0 Å². The average Bonchev–Trinajstić information content (AvgIpc) is 2.74. The summed E-state index contributed by atoms with van der Waals surface area (Å²) in [6, 6.07) is 0. The minimum absolute atomic E-state index is 0.00674. The van der Waals surface area contributed by atoms with Gasteiger partial charge in [-0.1, -0.05) is 13.8 Å². The van der Waals surface area contributed by atoms with Crippen LogP contribution in [0, 0.1) is 5.41 Å². The van der Waals surface area contributed by atoms with E-state index < -0.39 is 0 Å². The smallest absolute Gasteiger partial charge is 0.191 e. The summed E-state index contributed by atoms with van der Waals surface area (Å²) in [4.78, 5) is 4.25. The zero-order valence-corrected chi connectivity index (χ0v) is 9.14. The first-order chi connectivity index (χ1) is 6.76. The fourth-order valence-electron chi connectivity index (χ4n) is 1.57. The van der Waals surface area contributed by atoms with Crippen LogP contribution in [-0.2, 0) is 0 Å². The Morgan fingerprint density at radius 3 is 2.64 bits per heavy atom. The van der Waals surface area contributed by atoms with E-state index in [9.17, 15) is 5.11 Å². The lowest BCUT2D eigenvalue weighted by Crippen LogP contribution is -2.43. The zero-order valence-electron chi connectivity index (χ0n) is 9.14. The molecule has 0 saturated carbocycles. The van der Waals surface area contributed by atoms with Gasteiger partial charge in [0.05, 0.1) is 13.2 Å². The van der Waals surface area contributed by atoms with Crippen molar-refractivity contribution in [2.75, 3.05) is 26.2 Å². The highest BCUT2D eigenvalue weighted by atomic mass is 16.3. The van der Waals surface area contributed by atoms with Gasteiger partial charge in [-0.2, -0.15) is 0 Å². The lowest BCUT2D eigenvalue weighted by molar-refractivity contribution is 0.118. The van der Waals surface area contributed by atoms with Crippen LogP contribution in [0.15, 0.2) is 4.99 Å². The van der Waals surface area contributed by atoms with Crippen molar-refractivity contribution >= 4 is 5.96 Å². The molecule has 1 rings (SSSR count). The van der Waals surface area contributed by atoms with Gasteiger partial charge in [-0.25, -0.2) is 0 Å². The minimum Gasteiger partial charge on any atom is -0.396 e. The summed E-state index contributed by atoms with van der Waals surface area (Å²) in [5.41, 5.74) is 0.00674.